The van der Waals surface area contributed by atoms with Crippen molar-refractivity contribution in [2.75, 3.05) is 21.3 Å². The molecule has 1 saturated carbocycles. The van der Waals surface area contributed by atoms with Gasteiger partial charge in [-0.3, -0.25) is 0 Å². The third kappa shape index (κ3) is 2.77. The van der Waals surface area contributed by atoms with Crippen LogP contribution in [0, 0.1) is 5.92 Å². The molecule has 0 N–H and O–H groups in total. The molecule has 0 spiro atoms. The second-order valence-electron chi connectivity index (χ2n) is 3.65. The SMILES string of the molecule is CO[Si](CC1CCCC1)(OC)OC. The second-order valence-corrected chi connectivity index (χ2v) is 6.65. The zero-order valence-electron chi connectivity index (χ0n) is 8.84. The normalized spacial score (nSPS) is 19.6. The van der Waals surface area contributed by atoms with Crippen LogP contribution in [0.2, 0.25) is 6.04 Å². The lowest BCUT2D eigenvalue weighted by atomic mass is 10.1. The van der Waals surface area contributed by atoms with Crippen molar-refractivity contribution in [3.8, 4) is 0 Å². The van der Waals surface area contributed by atoms with E-state index in [2.05, 4.69) is 0 Å². The highest BCUT2D eigenvalue weighted by molar-refractivity contribution is 6.60. The van der Waals surface area contributed by atoms with Gasteiger partial charge in [0, 0.05) is 27.4 Å². The van der Waals surface area contributed by atoms with Gasteiger partial charge in [-0.1, -0.05) is 25.7 Å². The standard InChI is InChI=1S/C9H20O3Si/c1-10-13(11-2,12-3)8-9-6-4-5-7-9/h9H,4-8H2,1-3H3. The van der Waals surface area contributed by atoms with Gasteiger partial charge in [0.25, 0.3) is 0 Å². The summed E-state index contributed by atoms with van der Waals surface area (Å²) in [7, 11) is 2.78. The molecule has 0 saturated heterocycles. The van der Waals surface area contributed by atoms with Gasteiger partial charge in [0.15, 0.2) is 0 Å². The fourth-order valence-electron chi connectivity index (χ4n) is 2.07. The van der Waals surface area contributed by atoms with Crippen LogP contribution in [0.3, 0.4) is 0 Å². The Morgan fingerprint density at radius 1 is 1.00 bits per heavy atom. The molecule has 1 rings (SSSR count). The molecule has 3 nitrogen and oxygen atoms in total. The van der Waals surface area contributed by atoms with E-state index in [9.17, 15) is 0 Å². The van der Waals surface area contributed by atoms with E-state index in [1.807, 2.05) is 0 Å². The molecule has 13 heavy (non-hydrogen) atoms. The molecule has 1 fully saturated rings. The molecule has 1 aliphatic rings. The average molecular weight is 204 g/mol. The molecule has 0 aliphatic heterocycles. The Morgan fingerprint density at radius 3 is 1.85 bits per heavy atom. The largest absolute Gasteiger partial charge is 0.500 e. The summed E-state index contributed by atoms with van der Waals surface area (Å²) < 4.78 is 16.2. The van der Waals surface area contributed by atoms with E-state index < -0.39 is 8.80 Å². The zero-order chi connectivity index (χ0) is 9.73. The summed E-state index contributed by atoms with van der Waals surface area (Å²) in [6, 6.07) is 0.983. The Bertz CT molecular complexity index is 134. The minimum atomic E-state index is -2.28. The molecule has 0 radical (unpaired) electrons. The van der Waals surface area contributed by atoms with Crippen LogP contribution in [0.5, 0.6) is 0 Å². The fourth-order valence-corrected chi connectivity index (χ4v) is 4.18. The van der Waals surface area contributed by atoms with Gasteiger partial charge >= 0.3 is 8.80 Å². The van der Waals surface area contributed by atoms with E-state index in [4.69, 9.17) is 13.3 Å². The Morgan fingerprint density at radius 2 is 1.46 bits per heavy atom. The molecule has 4 heteroatoms. The van der Waals surface area contributed by atoms with Crippen LogP contribution in [0.25, 0.3) is 0 Å². The molecular weight excluding hydrogens is 184 g/mol. The lowest BCUT2D eigenvalue weighted by Gasteiger charge is -2.26. The van der Waals surface area contributed by atoms with Crippen molar-refractivity contribution in [1.29, 1.82) is 0 Å². The van der Waals surface area contributed by atoms with Gasteiger partial charge in [0.1, 0.15) is 0 Å². The minimum absolute atomic E-state index is 0.756. The highest BCUT2D eigenvalue weighted by Crippen LogP contribution is 2.32. The highest BCUT2D eigenvalue weighted by Gasteiger charge is 2.40. The fraction of sp³-hybridized carbons (Fsp3) is 1.00. The summed E-state index contributed by atoms with van der Waals surface area (Å²) in [4.78, 5) is 0. The van der Waals surface area contributed by atoms with Gasteiger partial charge in [0.2, 0.25) is 0 Å². The molecule has 0 unspecified atom stereocenters. The summed E-state index contributed by atoms with van der Waals surface area (Å²) in [6.07, 6.45) is 5.33. The molecule has 0 heterocycles. The summed E-state index contributed by atoms with van der Waals surface area (Å²) in [5.41, 5.74) is 0. The Labute approximate surface area is 81.7 Å². The van der Waals surface area contributed by atoms with Crippen molar-refractivity contribution in [1.82, 2.24) is 0 Å². The maximum Gasteiger partial charge on any atom is 0.500 e. The molecule has 0 aromatic rings. The van der Waals surface area contributed by atoms with E-state index in [0.717, 1.165) is 12.0 Å². The summed E-state index contributed by atoms with van der Waals surface area (Å²) in [6.45, 7) is 0. The quantitative estimate of drug-likeness (QED) is 0.642. The molecule has 0 atom stereocenters. The summed E-state index contributed by atoms with van der Waals surface area (Å²) >= 11 is 0. The van der Waals surface area contributed by atoms with Crippen molar-refractivity contribution < 1.29 is 13.3 Å². The van der Waals surface area contributed by atoms with Gasteiger partial charge < -0.3 is 13.3 Å². The smallest absolute Gasteiger partial charge is 0.377 e. The topological polar surface area (TPSA) is 27.7 Å². The van der Waals surface area contributed by atoms with Crippen molar-refractivity contribution in [2.24, 2.45) is 5.92 Å². The van der Waals surface area contributed by atoms with Crippen LogP contribution in [-0.4, -0.2) is 30.1 Å². The van der Waals surface area contributed by atoms with E-state index >= 15 is 0 Å². The van der Waals surface area contributed by atoms with Crippen molar-refractivity contribution >= 4 is 8.80 Å². The minimum Gasteiger partial charge on any atom is -0.377 e. The van der Waals surface area contributed by atoms with E-state index in [-0.39, 0.29) is 0 Å². The first kappa shape index (κ1) is 11.2. The zero-order valence-corrected chi connectivity index (χ0v) is 9.84. The number of rotatable bonds is 5. The van der Waals surface area contributed by atoms with Gasteiger partial charge in [-0.25, -0.2) is 0 Å². The molecule has 0 bridgehead atoms. The van der Waals surface area contributed by atoms with E-state index in [0.29, 0.717) is 0 Å². The average Bonchev–Trinajstić information content (AvgIpc) is 2.67. The van der Waals surface area contributed by atoms with Crippen LogP contribution < -0.4 is 0 Å². The molecule has 0 aromatic heterocycles. The third-order valence-corrected chi connectivity index (χ3v) is 5.89. The summed E-state index contributed by atoms with van der Waals surface area (Å²) in [5.74, 6) is 0.756. The van der Waals surface area contributed by atoms with Gasteiger partial charge in [0.05, 0.1) is 0 Å². The molecule has 78 valence electrons. The van der Waals surface area contributed by atoms with Crippen molar-refractivity contribution in [3.63, 3.8) is 0 Å². The highest BCUT2D eigenvalue weighted by atomic mass is 28.4. The Hall–Kier alpha value is 0.0969. The van der Waals surface area contributed by atoms with E-state index in [1.54, 1.807) is 21.3 Å². The first-order valence-corrected chi connectivity index (χ1v) is 6.85. The second kappa shape index (κ2) is 5.10. The van der Waals surface area contributed by atoms with Crippen molar-refractivity contribution in [3.05, 3.63) is 0 Å². The third-order valence-electron chi connectivity index (χ3n) is 2.95. The number of hydrogen-bond donors (Lipinski definition) is 0. The van der Waals surface area contributed by atoms with Crippen LogP contribution in [0.4, 0.5) is 0 Å². The predicted octanol–water partition coefficient (Wildman–Crippen LogP) is 2.05. The summed E-state index contributed by atoms with van der Waals surface area (Å²) in [5, 5.41) is 0. The van der Waals surface area contributed by atoms with Gasteiger partial charge in [-0.2, -0.15) is 0 Å². The lowest BCUT2D eigenvalue weighted by molar-refractivity contribution is 0.118. The Balaban J connectivity index is 2.44. The maximum absolute atomic E-state index is 5.39. The monoisotopic (exact) mass is 204 g/mol. The van der Waals surface area contributed by atoms with Crippen LogP contribution in [-0.2, 0) is 13.3 Å². The van der Waals surface area contributed by atoms with Crippen LogP contribution in [0.1, 0.15) is 25.7 Å². The van der Waals surface area contributed by atoms with Crippen molar-refractivity contribution in [2.45, 2.75) is 31.7 Å². The Kier molecular flexibility index (Phi) is 4.38. The molecule has 0 amide bonds. The molecule has 1 aliphatic carbocycles. The van der Waals surface area contributed by atoms with Gasteiger partial charge in [-0.15, -0.1) is 0 Å². The predicted molar refractivity (Wildman–Crippen MR) is 53.5 cm³/mol. The molecular formula is C9H20O3Si. The van der Waals surface area contributed by atoms with E-state index in [1.165, 1.54) is 25.7 Å². The number of hydrogen-bond acceptors (Lipinski definition) is 3. The lowest BCUT2D eigenvalue weighted by Crippen LogP contribution is -2.44. The van der Waals surface area contributed by atoms with Gasteiger partial charge in [-0.05, 0) is 5.92 Å². The molecule has 0 aromatic carbocycles. The first-order chi connectivity index (χ1) is 6.26. The first-order valence-electron chi connectivity index (χ1n) is 4.92. The van der Waals surface area contributed by atoms with Crippen LogP contribution >= 0.6 is 0 Å². The maximum atomic E-state index is 5.39. The van der Waals surface area contributed by atoms with Crippen LogP contribution in [0.15, 0.2) is 0 Å².